The summed E-state index contributed by atoms with van der Waals surface area (Å²) in [6.07, 6.45) is 4.14. The number of methoxy groups -OCH3 is 1. The molecule has 0 radical (unpaired) electrons. The maximum absolute atomic E-state index is 5.22. The lowest BCUT2D eigenvalue weighted by Gasteiger charge is -2.06. The van der Waals surface area contributed by atoms with Gasteiger partial charge in [-0.25, -0.2) is 19.2 Å². The maximum atomic E-state index is 5.22. The van der Waals surface area contributed by atoms with Crippen molar-refractivity contribution in [3.63, 3.8) is 0 Å². The summed E-state index contributed by atoms with van der Waals surface area (Å²) in [5.74, 6) is 1.57. The number of aryl methyl sites for hydroxylation is 2. The van der Waals surface area contributed by atoms with Gasteiger partial charge in [0.15, 0.2) is 17.1 Å². The van der Waals surface area contributed by atoms with Crippen LogP contribution in [0.1, 0.15) is 22.5 Å². The Kier molecular flexibility index (Phi) is 4.01. The fourth-order valence-electron chi connectivity index (χ4n) is 3.41. The summed E-state index contributed by atoms with van der Waals surface area (Å²) in [6.45, 7) is 4.20. The van der Waals surface area contributed by atoms with E-state index in [9.17, 15) is 0 Å². The van der Waals surface area contributed by atoms with Crippen LogP contribution in [0.25, 0.3) is 22.4 Å². The van der Waals surface area contributed by atoms with Gasteiger partial charge in [-0.15, -0.1) is 5.10 Å². The highest BCUT2D eigenvalue weighted by molar-refractivity contribution is 5.89. The van der Waals surface area contributed by atoms with Gasteiger partial charge >= 0.3 is 0 Å². The van der Waals surface area contributed by atoms with Gasteiger partial charge in [0.2, 0.25) is 0 Å². The molecule has 3 aromatic heterocycles. The normalized spacial score (nSPS) is 11.4. The zero-order valence-electron chi connectivity index (χ0n) is 16.5. The molecule has 5 rings (SSSR count). The number of hydrogen-bond acceptors (Lipinski definition) is 5. The molecule has 0 unspecified atom stereocenters. The summed E-state index contributed by atoms with van der Waals surface area (Å²) in [6, 6.07) is 14.2. The monoisotopic (exact) mass is 384 g/mol. The Labute approximate surface area is 167 Å². The van der Waals surface area contributed by atoms with E-state index in [1.54, 1.807) is 24.1 Å². The van der Waals surface area contributed by atoms with Crippen molar-refractivity contribution in [1.29, 1.82) is 0 Å². The zero-order chi connectivity index (χ0) is 20.0. The number of ether oxygens (including phenoxy) is 1. The third-order valence-electron chi connectivity index (χ3n) is 5.21. The number of rotatable bonds is 4. The van der Waals surface area contributed by atoms with E-state index < -0.39 is 0 Å². The van der Waals surface area contributed by atoms with E-state index in [-0.39, 0.29) is 0 Å². The van der Waals surface area contributed by atoms with Crippen molar-refractivity contribution < 1.29 is 4.74 Å². The van der Waals surface area contributed by atoms with Crippen LogP contribution in [0.15, 0.2) is 55.0 Å². The number of hydrogen-bond donors (Lipinski definition) is 0. The second-order valence-corrected chi connectivity index (χ2v) is 7.13. The third-order valence-corrected chi connectivity index (χ3v) is 5.21. The molecule has 5 aromatic rings. The molecule has 0 saturated carbocycles. The quantitative estimate of drug-likeness (QED) is 0.473. The smallest absolute Gasteiger partial charge is 0.170 e. The Balaban J connectivity index is 1.55. The second-order valence-electron chi connectivity index (χ2n) is 7.13. The molecule has 0 aliphatic carbocycles. The molecule has 3 heterocycles. The molecule has 0 spiro atoms. The van der Waals surface area contributed by atoms with Gasteiger partial charge in [0.1, 0.15) is 12.1 Å². The van der Waals surface area contributed by atoms with E-state index >= 15 is 0 Å². The van der Waals surface area contributed by atoms with Crippen molar-refractivity contribution in [3.05, 3.63) is 77.5 Å². The molecule has 7 nitrogen and oxygen atoms in total. The first-order valence-electron chi connectivity index (χ1n) is 9.41. The molecule has 2 aromatic carbocycles. The third kappa shape index (κ3) is 3.00. The number of benzene rings is 2. The van der Waals surface area contributed by atoms with Gasteiger partial charge in [-0.2, -0.15) is 5.10 Å². The number of nitrogens with zero attached hydrogens (tertiary/aromatic N) is 6. The van der Waals surface area contributed by atoms with Crippen LogP contribution in [0.3, 0.4) is 0 Å². The van der Waals surface area contributed by atoms with Crippen LogP contribution in [0.2, 0.25) is 0 Å². The van der Waals surface area contributed by atoms with E-state index in [1.807, 2.05) is 28.9 Å². The summed E-state index contributed by atoms with van der Waals surface area (Å²) < 4.78 is 8.78. The summed E-state index contributed by atoms with van der Waals surface area (Å²) in [4.78, 5) is 9.33. The molecule has 0 atom stereocenters. The Hall–Kier alpha value is -3.74. The van der Waals surface area contributed by atoms with Gasteiger partial charge in [0, 0.05) is 6.42 Å². The van der Waals surface area contributed by atoms with E-state index in [4.69, 9.17) is 9.72 Å². The van der Waals surface area contributed by atoms with Gasteiger partial charge in [-0.3, -0.25) is 0 Å². The first kappa shape index (κ1) is 17.4. The Morgan fingerprint density at radius 3 is 2.55 bits per heavy atom. The largest absolute Gasteiger partial charge is 0.497 e. The lowest BCUT2D eigenvalue weighted by Crippen LogP contribution is -2.00. The van der Waals surface area contributed by atoms with E-state index in [0.29, 0.717) is 6.42 Å². The minimum atomic E-state index is 0.637. The minimum Gasteiger partial charge on any atom is -0.497 e. The molecule has 144 valence electrons. The highest BCUT2D eigenvalue weighted by Gasteiger charge is 2.14. The second kappa shape index (κ2) is 6.70. The van der Waals surface area contributed by atoms with Crippen LogP contribution in [-0.4, -0.2) is 36.5 Å². The molecule has 0 aliphatic rings. The van der Waals surface area contributed by atoms with Crippen molar-refractivity contribution in [2.45, 2.75) is 20.3 Å². The minimum absolute atomic E-state index is 0.637. The topological polar surface area (TPSA) is 70.1 Å². The fraction of sp³-hybridized carbons (Fsp3) is 0.182. The zero-order valence-corrected chi connectivity index (χ0v) is 16.5. The average molecular weight is 384 g/mol. The average Bonchev–Trinajstić information content (AvgIpc) is 3.34. The van der Waals surface area contributed by atoms with Gasteiger partial charge in [-0.1, -0.05) is 18.2 Å². The molecule has 0 fully saturated rings. The van der Waals surface area contributed by atoms with Gasteiger partial charge < -0.3 is 4.74 Å². The van der Waals surface area contributed by atoms with Crippen LogP contribution >= 0.6 is 0 Å². The molecule has 0 saturated heterocycles. The molecule has 0 N–H and O–H groups in total. The van der Waals surface area contributed by atoms with Crippen molar-refractivity contribution in [2.75, 3.05) is 7.11 Å². The molecule has 0 amide bonds. The summed E-state index contributed by atoms with van der Waals surface area (Å²) in [7, 11) is 1.66. The van der Waals surface area contributed by atoms with Gasteiger partial charge in [0.25, 0.3) is 0 Å². The van der Waals surface area contributed by atoms with Crippen molar-refractivity contribution >= 4 is 16.7 Å². The summed E-state index contributed by atoms with van der Waals surface area (Å²) in [5, 5.41) is 10.0. The molecular weight excluding hydrogens is 364 g/mol. The van der Waals surface area contributed by atoms with Crippen molar-refractivity contribution in [1.82, 2.24) is 29.4 Å². The first-order chi connectivity index (χ1) is 14.1. The standard InChI is InChI=1S/C22H20N6O/c1-14-4-7-17(10-15(14)2)28-21-19(12-24-28)22-25-20(26-27(22)13-23-21)11-16-5-8-18(29-3)9-6-16/h4-10,12-13H,11H2,1-3H3. The van der Waals surface area contributed by atoms with Crippen LogP contribution < -0.4 is 4.74 Å². The van der Waals surface area contributed by atoms with E-state index in [1.165, 1.54) is 11.1 Å². The lowest BCUT2D eigenvalue weighted by molar-refractivity contribution is 0.414. The fourth-order valence-corrected chi connectivity index (χ4v) is 3.41. The summed E-state index contributed by atoms with van der Waals surface area (Å²) in [5.41, 5.74) is 6.10. The lowest BCUT2D eigenvalue weighted by atomic mass is 10.1. The van der Waals surface area contributed by atoms with Crippen LogP contribution in [-0.2, 0) is 6.42 Å². The summed E-state index contributed by atoms with van der Waals surface area (Å²) >= 11 is 0. The predicted octanol–water partition coefficient (Wildman–Crippen LogP) is 3.68. The van der Waals surface area contributed by atoms with Crippen molar-refractivity contribution in [3.8, 4) is 11.4 Å². The van der Waals surface area contributed by atoms with Crippen LogP contribution in [0.4, 0.5) is 0 Å². The number of fused-ring (bicyclic) bond motifs is 3. The molecule has 0 bridgehead atoms. The molecule has 29 heavy (non-hydrogen) atoms. The SMILES string of the molecule is COc1ccc(Cc2nc3c4cnn(-c5ccc(C)c(C)c5)c4ncn3n2)cc1. The first-order valence-corrected chi connectivity index (χ1v) is 9.41. The molecule has 0 aliphatic heterocycles. The van der Waals surface area contributed by atoms with Crippen molar-refractivity contribution in [2.24, 2.45) is 0 Å². The Bertz CT molecular complexity index is 1330. The molecule has 7 heteroatoms. The maximum Gasteiger partial charge on any atom is 0.170 e. The van der Waals surface area contributed by atoms with Crippen LogP contribution in [0.5, 0.6) is 5.75 Å². The number of aromatic nitrogens is 6. The van der Waals surface area contributed by atoms with E-state index in [0.717, 1.165) is 39.5 Å². The predicted molar refractivity (Wildman–Crippen MR) is 111 cm³/mol. The highest BCUT2D eigenvalue weighted by Crippen LogP contribution is 2.22. The van der Waals surface area contributed by atoms with Gasteiger partial charge in [-0.05, 0) is 54.8 Å². The highest BCUT2D eigenvalue weighted by atomic mass is 16.5. The van der Waals surface area contributed by atoms with Gasteiger partial charge in [0.05, 0.1) is 24.4 Å². The van der Waals surface area contributed by atoms with Crippen LogP contribution in [0, 0.1) is 13.8 Å². The Morgan fingerprint density at radius 2 is 1.79 bits per heavy atom. The van der Waals surface area contributed by atoms with E-state index in [2.05, 4.69) is 47.2 Å². The molecular formula is C22H20N6O. The Morgan fingerprint density at radius 1 is 0.966 bits per heavy atom.